The molecule has 2 N–H and O–H groups in total. The van der Waals surface area contributed by atoms with Crippen molar-refractivity contribution in [1.82, 2.24) is 10.2 Å². The van der Waals surface area contributed by atoms with Crippen molar-refractivity contribution in [3.63, 3.8) is 0 Å². The first kappa shape index (κ1) is 9.20. The summed E-state index contributed by atoms with van der Waals surface area (Å²) in [6, 6.07) is 6.18. The second-order valence-electron chi connectivity index (χ2n) is 2.92. The minimum atomic E-state index is -0.429. The number of aromatic nitrogens is 2. The van der Waals surface area contributed by atoms with Crippen LogP contribution in [0.15, 0.2) is 36.7 Å². The molecule has 0 aliphatic carbocycles. The van der Waals surface area contributed by atoms with Crippen molar-refractivity contribution in [2.24, 2.45) is 0 Å². The molecule has 0 saturated heterocycles. The third-order valence-electron chi connectivity index (χ3n) is 1.87. The first-order valence-corrected chi connectivity index (χ1v) is 4.26. The summed E-state index contributed by atoms with van der Waals surface area (Å²) in [5.41, 5.74) is 1.67. The Bertz CT molecular complexity index is 449. The summed E-state index contributed by atoms with van der Waals surface area (Å²) < 4.78 is 0. The molecular weight excluding hydrogens is 196 g/mol. The van der Waals surface area contributed by atoms with E-state index in [0.29, 0.717) is 0 Å². The molecule has 0 aliphatic rings. The van der Waals surface area contributed by atoms with Crippen LogP contribution in [0.4, 0.5) is 17.1 Å². The fourth-order valence-corrected chi connectivity index (χ4v) is 1.15. The normalized spacial score (nSPS) is 9.87. The minimum Gasteiger partial charge on any atom is -0.353 e. The zero-order valence-corrected chi connectivity index (χ0v) is 7.68. The van der Waals surface area contributed by atoms with Gasteiger partial charge in [0.15, 0.2) is 0 Å². The Morgan fingerprint density at radius 3 is 2.53 bits per heavy atom. The van der Waals surface area contributed by atoms with Gasteiger partial charge in [0.25, 0.3) is 5.69 Å². The Morgan fingerprint density at radius 2 is 2.00 bits per heavy atom. The molecule has 15 heavy (non-hydrogen) atoms. The summed E-state index contributed by atoms with van der Waals surface area (Å²) >= 11 is 0. The molecule has 76 valence electrons. The number of hydrogen-bond acceptors (Lipinski definition) is 4. The van der Waals surface area contributed by atoms with Crippen molar-refractivity contribution >= 4 is 17.1 Å². The van der Waals surface area contributed by atoms with Gasteiger partial charge in [0.05, 0.1) is 16.8 Å². The van der Waals surface area contributed by atoms with Crippen LogP contribution < -0.4 is 5.32 Å². The number of benzene rings is 1. The number of anilines is 2. The minimum absolute atomic E-state index is 0.0766. The van der Waals surface area contributed by atoms with E-state index in [1.54, 1.807) is 24.5 Å². The SMILES string of the molecule is O=[N+]([O-])c1ccc(Nc2cn[nH]c2)cc1. The van der Waals surface area contributed by atoms with E-state index in [1.807, 2.05) is 0 Å². The molecule has 0 fully saturated rings. The molecule has 0 radical (unpaired) electrons. The lowest BCUT2D eigenvalue weighted by molar-refractivity contribution is -0.384. The lowest BCUT2D eigenvalue weighted by Crippen LogP contribution is -1.90. The van der Waals surface area contributed by atoms with Crippen LogP contribution in [-0.2, 0) is 0 Å². The number of rotatable bonds is 3. The fraction of sp³-hybridized carbons (Fsp3) is 0. The average molecular weight is 204 g/mol. The number of aromatic amines is 1. The number of hydrogen-bond donors (Lipinski definition) is 2. The van der Waals surface area contributed by atoms with Crippen LogP contribution in [0, 0.1) is 10.1 Å². The van der Waals surface area contributed by atoms with E-state index >= 15 is 0 Å². The summed E-state index contributed by atoms with van der Waals surface area (Å²) in [7, 11) is 0. The van der Waals surface area contributed by atoms with Gasteiger partial charge in [-0.1, -0.05) is 0 Å². The van der Waals surface area contributed by atoms with E-state index in [0.717, 1.165) is 11.4 Å². The third-order valence-corrected chi connectivity index (χ3v) is 1.87. The molecule has 1 heterocycles. The first-order chi connectivity index (χ1) is 7.25. The maximum atomic E-state index is 10.4. The molecule has 0 amide bonds. The molecule has 0 saturated carbocycles. The van der Waals surface area contributed by atoms with Crippen LogP contribution >= 0.6 is 0 Å². The van der Waals surface area contributed by atoms with Crippen molar-refractivity contribution in [2.75, 3.05) is 5.32 Å². The van der Waals surface area contributed by atoms with Crippen molar-refractivity contribution in [1.29, 1.82) is 0 Å². The van der Waals surface area contributed by atoms with Gasteiger partial charge in [0.2, 0.25) is 0 Å². The van der Waals surface area contributed by atoms with Crippen LogP contribution in [0.25, 0.3) is 0 Å². The summed E-state index contributed by atoms with van der Waals surface area (Å²) in [5.74, 6) is 0. The topological polar surface area (TPSA) is 83.8 Å². The summed E-state index contributed by atoms with van der Waals surface area (Å²) in [6.07, 6.45) is 3.32. The summed E-state index contributed by atoms with van der Waals surface area (Å²) in [5, 5.41) is 19.9. The van der Waals surface area contributed by atoms with Gasteiger partial charge >= 0.3 is 0 Å². The molecule has 0 spiro atoms. The third kappa shape index (κ3) is 2.11. The van der Waals surface area contributed by atoms with Crippen molar-refractivity contribution in [3.8, 4) is 0 Å². The molecule has 2 rings (SSSR count). The smallest absolute Gasteiger partial charge is 0.269 e. The molecule has 6 heteroatoms. The number of non-ortho nitro benzene ring substituents is 1. The number of H-pyrrole nitrogens is 1. The van der Waals surface area contributed by atoms with E-state index in [-0.39, 0.29) is 5.69 Å². The predicted octanol–water partition coefficient (Wildman–Crippen LogP) is 2.06. The largest absolute Gasteiger partial charge is 0.353 e. The predicted molar refractivity (Wildman–Crippen MR) is 55.0 cm³/mol. The lowest BCUT2D eigenvalue weighted by Gasteiger charge is -2.01. The molecule has 2 aromatic rings. The molecule has 0 bridgehead atoms. The Hall–Kier alpha value is -2.37. The summed E-state index contributed by atoms with van der Waals surface area (Å²) in [4.78, 5) is 9.97. The average Bonchev–Trinajstić information content (AvgIpc) is 2.71. The highest BCUT2D eigenvalue weighted by atomic mass is 16.6. The molecule has 1 aromatic heterocycles. The molecule has 0 aliphatic heterocycles. The van der Waals surface area contributed by atoms with E-state index in [9.17, 15) is 10.1 Å². The van der Waals surface area contributed by atoms with Gasteiger partial charge in [-0.2, -0.15) is 5.10 Å². The van der Waals surface area contributed by atoms with Crippen LogP contribution in [0.1, 0.15) is 0 Å². The highest BCUT2D eigenvalue weighted by Crippen LogP contribution is 2.18. The van der Waals surface area contributed by atoms with Gasteiger partial charge in [0.1, 0.15) is 0 Å². The van der Waals surface area contributed by atoms with E-state index < -0.39 is 4.92 Å². The Balaban J connectivity index is 2.14. The Kier molecular flexibility index (Phi) is 2.32. The Morgan fingerprint density at radius 1 is 1.27 bits per heavy atom. The van der Waals surface area contributed by atoms with Gasteiger partial charge in [-0.3, -0.25) is 15.2 Å². The Labute approximate surface area is 85.1 Å². The summed E-state index contributed by atoms with van der Waals surface area (Å²) in [6.45, 7) is 0. The van der Waals surface area contributed by atoms with E-state index in [2.05, 4.69) is 15.5 Å². The first-order valence-electron chi connectivity index (χ1n) is 4.26. The fourth-order valence-electron chi connectivity index (χ4n) is 1.15. The van der Waals surface area contributed by atoms with E-state index in [4.69, 9.17) is 0 Å². The standard InChI is InChI=1S/C9H8N4O2/c14-13(15)9-3-1-7(2-4-9)12-8-5-10-11-6-8/h1-6,12H,(H,10,11). The molecule has 6 nitrogen and oxygen atoms in total. The molecule has 0 atom stereocenters. The number of nitro benzene ring substituents is 1. The molecule has 1 aromatic carbocycles. The maximum absolute atomic E-state index is 10.4. The highest BCUT2D eigenvalue weighted by molar-refractivity contribution is 5.59. The zero-order chi connectivity index (χ0) is 10.7. The van der Waals surface area contributed by atoms with Crippen LogP contribution in [-0.4, -0.2) is 15.1 Å². The monoisotopic (exact) mass is 204 g/mol. The lowest BCUT2D eigenvalue weighted by atomic mass is 10.3. The van der Waals surface area contributed by atoms with Gasteiger partial charge in [-0.05, 0) is 12.1 Å². The van der Waals surface area contributed by atoms with Crippen LogP contribution in [0.3, 0.4) is 0 Å². The van der Waals surface area contributed by atoms with Gasteiger partial charge in [-0.25, -0.2) is 0 Å². The second kappa shape index (κ2) is 3.79. The van der Waals surface area contributed by atoms with Gasteiger partial charge < -0.3 is 5.32 Å². The van der Waals surface area contributed by atoms with Crippen molar-refractivity contribution in [3.05, 3.63) is 46.8 Å². The van der Waals surface area contributed by atoms with Crippen molar-refractivity contribution < 1.29 is 4.92 Å². The zero-order valence-electron chi connectivity index (χ0n) is 7.68. The number of nitrogens with one attached hydrogen (secondary N) is 2. The highest BCUT2D eigenvalue weighted by Gasteiger charge is 2.03. The maximum Gasteiger partial charge on any atom is 0.269 e. The number of nitro groups is 1. The van der Waals surface area contributed by atoms with Gasteiger partial charge in [0, 0.05) is 24.0 Å². The van der Waals surface area contributed by atoms with Crippen LogP contribution in [0.2, 0.25) is 0 Å². The van der Waals surface area contributed by atoms with Crippen LogP contribution in [0.5, 0.6) is 0 Å². The van der Waals surface area contributed by atoms with Crippen molar-refractivity contribution in [2.45, 2.75) is 0 Å². The number of nitrogens with zero attached hydrogens (tertiary/aromatic N) is 2. The van der Waals surface area contributed by atoms with E-state index in [1.165, 1.54) is 12.1 Å². The molecular formula is C9H8N4O2. The molecule has 0 unspecified atom stereocenters. The quantitative estimate of drug-likeness (QED) is 0.592. The van der Waals surface area contributed by atoms with Gasteiger partial charge in [-0.15, -0.1) is 0 Å². The second-order valence-corrected chi connectivity index (χ2v) is 2.92.